The van der Waals surface area contributed by atoms with Crippen LogP contribution in [0.15, 0.2) is 60.7 Å². The third-order valence-corrected chi connectivity index (χ3v) is 6.01. The Kier molecular flexibility index (Phi) is 7.41. The molecule has 1 aliphatic heterocycles. The summed E-state index contributed by atoms with van der Waals surface area (Å²) in [6.07, 6.45) is 0.749. The van der Waals surface area contributed by atoms with Crippen molar-refractivity contribution in [2.75, 3.05) is 37.5 Å². The molecule has 0 bridgehead atoms. The summed E-state index contributed by atoms with van der Waals surface area (Å²) in [5, 5.41) is 3.13. The minimum Gasteiger partial charge on any atom is -0.495 e. The molecule has 1 N–H and O–H groups in total. The first-order valence-electron chi connectivity index (χ1n) is 11.0. The number of hydrogen-bond donors (Lipinski definition) is 1. The Morgan fingerprint density at radius 3 is 2.54 bits per heavy atom. The van der Waals surface area contributed by atoms with Crippen LogP contribution in [0.4, 0.5) is 20.6 Å². The van der Waals surface area contributed by atoms with Crippen LogP contribution in [0.2, 0.25) is 5.02 Å². The molecule has 1 aliphatic rings. The molecule has 0 spiro atoms. The van der Waals surface area contributed by atoms with Crippen LogP contribution < -0.4 is 19.7 Å². The van der Waals surface area contributed by atoms with E-state index in [9.17, 15) is 14.0 Å². The van der Waals surface area contributed by atoms with Gasteiger partial charge in [-0.15, -0.1) is 0 Å². The minimum atomic E-state index is -0.382. The van der Waals surface area contributed by atoms with Crippen molar-refractivity contribution in [2.45, 2.75) is 13.0 Å². The molecule has 9 heteroatoms. The predicted molar refractivity (Wildman–Crippen MR) is 133 cm³/mol. The van der Waals surface area contributed by atoms with Crippen LogP contribution in [0.25, 0.3) is 0 Å². The highest BCUT2D eigenvalue weighted by molar-refractivity contribution is 6.32. The van der Waals surface area contributed by atoms with Gasteiger partial charge in [0.2, 0.25) is 0 Å². The smallest absolute Gasteiger partial charge is 0.324 e. The lowest BCUT2D eigenvalue weighted by molar-refractivity contribution is 0.102. The van der Waals surface area contributed by atoms with E-state index in [-0.39, 0.29) is 17.8 Å². The Balaban J connectivity index is 1.52. The van der Waals surface area contributed by atoms with Gasteiger partial charge in [0.1, 0.15) is 17.3 Å². The minimum absolute atomic E-state index is 0.193. The summed E-state index contributed by atoms with van der Waals surface area (Å²) >= 11 is 6.21. The Morgan fingerprint density at radius 2 is 1.80 bits per heavy atom. The van der Waals surface area contributed by atoms with Gasteiger partial charge in [0.15, 0.2) is 0 Å². The van der Waals surface area contributed by atoms with E-state index in [0.717, 1.165) is 12.0 Å². The lowest BCUT2D eigenvalue weighted by atomic mass is 10.1. The van der Waals surface area contributed by atoms with E-state index in [1.165, 1.54) is 26.4 Å². The van der Waals surface area contributed by atoms with Crippen LogP contribution in [0.1, 0.15) is 22.3 Å². The van der Waals surface area contributed by atoms with E-state index >= 15 is 0 Å². The quantitative estimate of drug-likeness (QED) is 0.462. The number of rotatable bonds is 7. The number of methoxy groups -OCH3 is 2. The second-order valence-corrected chi connectivity index (χ2v) is 8.44. The number of benzene rings is 3. The van der Waals surface area contributed by atoms with Gasteiger partial charge < -0.3 is 19.7 Å². The Hall–Kier alpha value is -3.78. The SMILES string of the molecule is COc1cc(OC)c(NC(=O)c2cccc(N3CCCN(Cc4cccc(F)c4)C3=O)c2)cc1Cl. The average molecular weight is 498 g/mol. The van der Waals surface area contributed by atoms with Gasteiger partial charge in [-0.2, -0.15) is 0 Å². The Bertz CT molecular complexity index is 1250. The third-order valence-electron chi connectivity index (χ3n) is 5.72. The number of anilines is 2. The van der Waals surface area contributed by atoms with Crippen molar-refractivity contribution in [3.05, 3.63) is 82.6 Å². The second kappa shape index (κ2) is 10.7. The standard InChI is InChI=1S/C26H25ClFN3O4/c1-34-23-15-24(35-2)22(14-21(23)27)29-25(32)18-7-4-9-20(13-18)31-11-5-10-30(26(31)33)16-17-6-3-8-19(28)12-17/h3-4,6-9,12-15H,5,10-11,16H2,1-2H3,(H,29,32). The van der Waals surface area contributed by atoms with Crippen LogP contribution in [-0.2, 0) is 6.54 Å². The first-order chi connectivity index (χ1) is 16.9. The Labute approximate surface area is 208 Å². The normalized spacial score (nSPS) is 13.5. The van der Waals surface area contributed by atoms with Gasteiger partial charge in [0.05, 0.1) is 24.9 Å². The number of urea groups is 1. The predicted octanol–water partition coefficient (Wildman–Crippen LogP) is 5.58. The second-order valence-electron chi connectivity index (χ2n) is 8.03. The van der Waals surface area contributed by atoms with E-state index in [0.29, 0.717) is 53.1 Å². The van der Waals surface area contributed by atoms with E-state index in [1.807, 2.05) is 0 Å². The molecule has 0 aromatic heterocycles. The van der Waals surface area contributed by atoms with Gasteiger partial charge in [0, 0.05) is 37.0 Å². The zero-order chi connectivity index (χ0) is 24.9. The zero-order valence-corrected chi connectivity index (χ0v) is 20.1. The van der Waals surface area contributed by atoms with Gasteiger partial charge in [0.25, 0.3) is 5.91 Å². The van der Waals surface area contributed by atoms with Gasteiger partial charge in [-0.3, -0.25) is 9.69 Å². The number of carbonyl (C=O) groups is 2. The van der Waals surface area contributed by atoms with Crippen molar-refractivity contribution in [3.8, 4) is 11.5 Å². The maximum Gasteiger partial charge on any atom is 0.324 e. The van der Waals surface area contributed by atoms with E-state index in [2.05, 4.69) is 5.32 Å². The van der Waals surface area contributed by atoms with Crippen LogP contribution in [0.5, 0.6) is 11.5 Å². The molecule has 3 aromatic rings. The highest BCUT2D eigenvalue weighted by atomic mass is 35.5. The van der Waals surface area contributed by atoms with Crippen molar-refractivity contribution in [3.63, 3.8) is 0 Å². The highest BCUT2D eigenvalue weighted by Gasteiger charge is 2.27. The van der Waals surface area contributed by atoms with Crippen molar-refractivity contribution < 1.29 is 23.5 Å². The summed E-state index contributed by atoms with van der Waals surface area (Å²) in [7, 11) is 2.97. The number of carbonyl (C=O) groups excluding carboxylic acids is 2. The number of hydrogen-bond acceptors (Lipinski definition) is 4. The molecule has 1 heterocycles. The summed E-state index contributed by atoms with van der Waals surface area (Å²) in [5.74, 6) is 0.106. The topological polar surface area (TPSA) is 71.1 Å². The maximum atomic E-state index is 13.6. The summed E-state index contributed by atoms with van der Waals surface area (Å²) in [6.45, 7) is 1.40. The van der Waals surface area contributed by atoms with Gasteiger partial charge in [-0.1, -0.05) is 29.8 Å². The molecule has 35 heavy (non-hydrogen) atoms. The lowest BCUT2D eigenvalue weighted by Crippen LogP contribution is -2.49. The molecule has 3 aromatic carbocycles. The Morgan fingerprint density at radius 1 is 1.03 bits per heavy atom. The first kappa shape index (κ1) is 24.3. The maximum absolute atomic E-state index is 13.6. The van der Waals surface area contributed by atoms with E-state index in [1.54, 1.807) is 58.3 Å². The van der Waals surface area contributed by atoms with Gasteiger partial charge in [-0.05, 0) is 48.4 Å². The van der Waals surface area contributed by atoms with Crippen LogP contribution in [-0.4, -0.2) is 44.1 Å². The summed E-state index contributed by atoms with van der Waals surface area (Å²) in [6, 6.07) is 16.0. The zero-order valence-electron chi connectivity index (χ0n) is 19.4. The molecule has 3 amide bonds. The van der Waals surface area contributed by atoms with Crippen LogP contribution in [0, 0.1) is 5.82 Å². The molecule has 0 atom stereocenters. The molecule has 4 rings (SSSR count). The number of nitrogens with zero attached hydrogens (tertiary/aromatic N) is 2. The van der Waals surface area contributed by atoms with Crippen molar-refractivity contribution >= 4 is 34.9 Å². The number of nitrogens with one attached hydrogen (secondary N) is 1. The van der Waals surface area contributed by atoms with E-state index in [4.69, 9.17) is 21.1 Å². The molecule has 7 nitrogen and oxygen atoms in total. The molecule has 0 unspecified atom stereocenters. The molecule has 1 fully saturated rings. The molecule has 0 radical (unpaired) electrons. The fourth-order valence-corrected chi connectivity index (χ4v) is 4.23. The van der Waals surface area contributed by atoms with E-state index < -0.39 is 0 Å². The van der Waals surface area contributed by atoms with Crippen molar-refractivity contribution in [1.29, 1.82) is 0 Å². The van der Waals surface area contributed by atoms with Crippen molar-refractivity contribution in [2.24, 2.45) is 0 Å². The fraction of sp³-hybridized carbons (Fsp3) is 0.231. The molecule has 0 aliphatic carbocycles. The molecular formula is C26H25ClFN3O4. The van der Waals surface area contributed by atoms with Crippen LogP contribution >= 0.6 is 11.6 Å². The fourth-order valence-electron chi connectivity index (χ4n) is 3.99. The highest BCUT2D eigenvalue weighted by Crippen LogP contribution is 2.36. The van der Waals surface area contributed by atoms with Gasteiger partial charge in [-0.25, -0.2) is 9.18 Å². The lowest BCUT2D eigenvalue weighted by Gasteiger charge is -2.35. The number of amides is 3. The monoisotopic (exact) mass is 497 g/mol. The molecule has 0 saturated carbocycles. The molecule has 1 saturated heterocycles. The van der Waals surface area contributed by atoms with Gasteiger partial charge >= 0.3 is 6.03 Å². The molecule has 182 valence electrons. The average Bonchev–Trinajstić information content (AvgIpc) is 2.85. The van der Waals surface area contributed by atoms with Crippen LogP contribution in [0.3, 0.4) is 0 Å². The number of halogens is 2. The number of ether oxygens (including phenoxy) is 2. The van der Waals surface area contributed by atoms with Crippen molar-refractivity contribution in [1.82, 2.24) is 4.90 Å². The summed E-state index contributed by atoms with van der Waals surface area (Å²) < 4.78 is 24.1. The molecular weight excluding hydrogens is 473 g/mol. The summed E-state index contributed by atoms with van der Waals surface area (Å²) in [5.41, 5.74) is 2.09. The largest absolute Gasteiger partial charge is 0.495 e. The summed E-state index contributed by atoms with van der Waals surface area (Å²) in [4.78, 5) is 29.5. The first-order valence-corrected chi connectivity index (χ1v) is 11.4. The third kappa shape index (κ3) is 5.49.